The number of rotatable bonds is 2. The predicted octanol–water partition coefficient (Wildman–Crippen LogP) is 4.03. The molecule has 1 aromatic heterocycles. The van der Waals surface area contributed by atoms with Gasteiger partial charge in [0.2, 0.25) is 0 Å². The third-order valence-corrected chi connectivity index (χ3v) is 3.71. The highest BCUT2D eigenvalue weighted by molar-refractivity contribution is 6.42. The van der Waals surface area contributed by atoms with E-state index in [9.17, 15) is 0 Å². The van der Waals surface area contributed by atoms with E-state index in [0.717, 1.165) is 5.56 Å². The fraction of sp³-hybridized carbons (Fsp3) is 0.182. The van der Waals surface area contributed by atoms with E-state index in [4.69, 9.17) is 40.5 Å². The predicted molar refractivity (Wildman–Crippen MR) is 71.9 cm³/mol. The third-order valence-electron chi connectivity index (χ3n) is 2.59. The zero-order chi connectivity index (χ0) is 12.6. The molecule has 6 heteroatoms. The molecule has 1 aromatic carbocycles. The summed E-state index contributed by atoms with van der Waals surface area (Å²) in [6.07, 6.45) is 1.51. The molecule has 17 heavy (non-hydrogen) atoms. The minimum absolute atomic E-state index is 0.131. The van der Waals surface area contributed by atoms with Gasteiger partial charge in [0, 0.05) is 0 Å². The summed E-state index contributed by atoms with van der Waals surface area (Å²) in [6, 6.07) is 5.32. The lowest BCUT2D eigenvalue weighted by molar-refractivity contribution is 0.573. The first-order chi connectivity index (χ1) is 8.02. The highest BCUT2D eigenvalue weighted by atomic mass is 35.5. The number of nitrogen functional groups attached to an aromatic ring is 1. The first-order valence-corrected chi connectivity index (χ1v) is 6.08. The van der Waals surface area contributed by atoms with Crippen LogP contribution in [0, 0.1) is 0 Å². The van der Waals surface area contributed by atoms with E-state index < -0.39 is 0 Å². The highest BCUT2D eigenvalue weighted by Gasteiger charge is 2.17. The lowest BCUT2D eigenvalue weighted by Gasteiger charge is -2.16. The number of nitrogens with two attached hydrogens (primary N) is 1. The van der Waals surface area contributed by atoms with Crippen molar-refractivity contribution < 1.29 is 0 Å². The summed E-state index contributed by atoms with van der Waals surface area (Å²) in [5, 5.41) is 5.56. The quantitative estimate of drug-likeness (QED) is 0.907. The molecule has 0 aliphatic heterocycles. The van der Waals surface area contributed by atoms with Crippen LogP contribution in [0.15, 0.2) is 24.4 Å². The van der Waals surface area contributed by atoms with Crippen molar-refractivity contribution in [1.29, 1.82) is 0 Å². The fourth-order valence-electron chi connectivity index (χ4n) is 1.63. The van der Waals surface area contributed by atoms with Crippen LogP contribution in [0.5, 0.6) is 0 Å². The molecule has 0 aliphatic carbocycles. The highest BCUT2D eigenvalue weighted by Crippen LogP contribution is 2.33. The monoisotopic (exact) mass is 289 g/mol. The Hall–Kier alpha value is -0.900. The Morgan fingerprint density at radius 2 is 1.94 bits per heavy atom. The van der Waals surface area contributed by atoms with Crippen LogP contribution in [0.1, 0.15) is 18.5 Å². The molecule has 1 atom stereocenters. The molecule has 0 saturated heterocycles. The van der Waals surface area contributed by atoms with E-state index >= 15 is 0 Å². The van der Waals surface area contributed by atoms with Crippen LogP contribution in [0.25, 0.3) is 0 Å². The SMILES string of the molecule is CC(c1cccc(Cl)c1Cl)n1ncc(Cl)c1N. The van der Waals surface area contributed by atoms with Gasteiger partial charge in [-0.05, 0) is 18.6 Å². The molecular formula is C11H10Cl3N3. The Labute approximate surface area is 114 Å². The maximum Gasteiger partial charge on any atom is 0.141 e. The molecule has 2 N–H and O–H groups in total. The minimum Gasteiger partial charge on any atom is -0.383 e. The Kier molecular flexibility index (Phi) is 3.52. The zero-order valence-corrected chi connectivity index (χ0v) is 11.3. The summed E-state index contributed by atoms with van der Waals surface area (Å²) in [5.41, 5.74) is 6.67. The smallest absolute Gasteiger partial charge is 0.141 e. The number of anilines is 1. The van der Waals surface area contributed by atoms with Gasteiger partial charge in [-0.15, -0.1) is 0 Å². The van der Waals surface area contributed by atoms with Crippen molar-refractivity contribution in [1.82, 2.24) is 9.78 Å². The maximum absolute atomic E-state index is 6.15. The molecule has 90 valence electrons. The molecule has 0 spiro atoms. The van der Waals surface area contributed by atoms with Gasteiger partial charge in [0.1, 0.15) is 10.8 Å². The second-order valence-corrected chi connectivity index (χ2v) is 4.83. The largest absolute Gasteiger partial charge is 0.383 e. The summed E-state index contributed by atoms with van der Waals surface area (Å²) >= 11 is 18.0. The lowest BCUT2D eigenvalue weighted by Crippen LogP contribution is -2.12. The molecule has 0 aliphatic rings. The average Bonchev–Trinajstić information content (AvgIpc) is 2.63. The number of hydrogen-bond acceptors (Lipinski definition) is 2. The van der Waals surface area contributed by atoms with Crippen molar-refractivity contribution in [3.05, 3.63) is 45.0 Å². The molecule has 0 amide bonds. The number of nitrogens with zero attached hydrogens (tertiary/aromatic N) is 2. The van der Waals surface area contributed by atoms with Gasteiger partial charge in [-0.1, -0.05) is 46.9 Å². The zero-order valence-electron chi connectivity index (χ0n) is 8.99. The summed E-state index contributed by atoms with van der Waals surface area (Å²) in [7, 11) is 0. The van der Waals surface area contributed by atoms with Crippen LogP contribution in [0.3, 0.4) is 0 Å². The average molecular weight is 291 g/mol. The van der Waals surface area contributed by atoms with Crippen molar-refractivity contribution in [3.8, 4) is 0 Å². The molecule has 0 radical (unpaired) electrons. The molecule has 0 saturated carbocycles. The van der Waals surface area contributed by atoms with Crippen molar-refractivity contribution in [3.63, 3.8) is 0 Å². The second-order valence-electron chi connectivity index (χ2n) is 3.64. The summed E-state index contributed by atoms with van der Waals surface area (Å²) in [4.78, 5) is 0. The summed E-state index contributed by atoms with van der Waals surface area (Å²) in [5.74, 6) is 0.412. The van der Waals surface area contributed by atoms with Crippen molar-refractivity contribution in [2.75, 3.05) is 5.73 Å². The van der Waals surface area contributed by atoms with E-state index in [2.05, 4.69) is 5.10 Å². The number of hydrogen-bond donors (Lipinski definition) is 1. The van der Waals surface area contributed by atoms with E-state index in [1.807, 2.05) is 19.1 Å². The van der Waals surface area contributed by atoms with Crippen LogP contribution in [0.2, 0.25) is 15.1 Å². The van der Waals surface area contributed by atoms with Crippen LogP contribution in [-0.4, -0.2) is 9.78 Å². The first-order valence-electron chi connectivity index (χ1n) is 4.94. The van der Waals surface area contributed by atoms with Crippen molar-refractivity contribution >= 4 is 40.6 Å². The molecular weight excluding hydrogens is 281 g/mol. The van der Waals surface area contributed by atoms with Gasteiger partial charge in [-0.2, -0.15) is 5.10 Å². The Bertz CT molecular complexity index is 551. The molecule has 2 rings (SSSR count). The van der Waals surface area contributed by atoms with Gasteiger partial charge < -0.3 is 5.73 Å². The van der Waals surface area contributed by atoms with Crippen LogP contribution < -0.4 is 5.73 Å². The standard InChI is InChI=1S/C11H10Cl3N3/c1-6(17-11(15)9(13)5-16-17)7-3-2-4-8(12)10(7)14/h2-6H,15H2,1H3. The third kappa shape index (κ3) is 2.23. The van der Waals surface area contributed by atoms with Crippen molar-refractivity contribution in [2.24, 2.45) is 0 Å². The van der Waals surface area contributed by atoms with Gasteiger partial charge in [-0.25, -0.2) is 4.68 Å². The summed E-state index contributed by atoms with van der Waals surface area (Å²) in [6.45, 7) is 1.93. The van der Waals surface area contributed by atoms with Gasteiger partial charge >= 0.3 is 0 Å². The van der Waals surface area contributed by atoms with Crippen LogP contribution >= 0.6 is 34.8 Å². The van der Waals surface area contributed by atoms with Gasteiger partial charge in [-0.3, -0.25) is 0 Å². The molecule has 1 heterocycles. The van der Waals surface area contributed by atoms with Gasteiger partial charge in [0.25, 0.3) is 0 Å². The van der Waals surface area contributed by atoms with Gasteiger partial charge in [0.15, 0.2) is 0 Å². The molecule has 0 fully saturated rings. The van der Waals surface area contributed by atoms with Gasteiger partial charge in [0.05, 0.1) is 22.3 Å². The molecule has 1 unspecified atom stereocenters. The Morgan fingerprint density at radius 1 is 1.24 bits per heavy atom. The molecule has 2 aromatic rings. The number of aromatic nitrogens is 2. The maximum atomic E-state index is 6.15. The van der Waals surface area contributed by atoms with E-state index in [1.54, 1.807) is 10.7 Å². The minimum atomic E-state index is -0.131. The van der Waals surface area contributed by atoms with E-state index in [-0.39, 0.29) is 6.04 Å². The normalized spacial score (nSPS) is 12.7. The Morgan fingerprint density at radius 3 is 2.53 bits per heavy atom. The molecule has 3 nitrogen and oxygen atoms in total. The second kappa shape index (κ2) is 4.77. The molecule has 0 bridgehead atoms. The Balaban J connectivity index is 2.47. The van der Waals surface area contributed by atoms with Crippen LogP contribution in [0.4, 0.5) is 5.82 Å². The van der Waals surface area contributed by atoms with Crippen molar-refractivity contribution in [2.45, 2.75) is 13.0 Å². The number of halogens is 3. The topological polar surface area (TPSA) is 43.8 Å². The van der Waals surface area contributed by atoms with E-state index in [1.165, 1.54) is 6.20 Å². The number of benzene rings is 1. The first kappa shape index (κ1) is 12.6. The fourth-order valence-corrected chi connectivity index (χ4v) is 2.23. The summed E-state index contributed by atoms with van der Waals surface area (Å²) < 4.78 is 1.61. The van der Waals surface area contributed by atoms with Crippen LogP contribution in [-0.2, 0) is 0 Å². The van der Waals surface area contributed by atoms with E-state index in [0.29, 0.717) is 20.9 Å². The lowest BCUT2D eigenvalue weighted by atomic mass is 10.1.